The maximum atomic E-state index is 5.36. The number of nitrogens with zero attached hydrogens (tertiary/aromatic N) is 1. The van der Waals surface area contributed by atoms with Crippen molar-refractivity contribution in [3.8, 4) is 0 Å². The molecule has 0 radical (unpaired) electrons. The summed E-state index contributed by atoms with van der Waals surface area (Å²) in [4.78, 5) is 4.04. The molecule has 2 nitrogen and oxygen atoms in total. The van der Waals surface area contributed by atoms with Gasteiger partial charge in [-0.15, -0.1) is 0 Å². The van der Waals surface area contributed by atoms with Crippen molar-refractivity contribution in [1.29, 1.82) is 0 Å². The molecule has 0 aromatic carbocycles. The van der Waals surface area contributed by atoms with E-state index >= 15 is 0 Å². The van der Waals surface area contributed by atoms with Crippen LogP contribution in [0.4, 0.5) is 0 Å². The zero-order valence-corrected chi connectivity index (χ0v) is 8.34. The molecule has 10 heavy (non-hydrogen) atoms. The van der Waals surface area contributed by atoms with Crippen LogP contribution in [-0.2, 0) is 0 Å². The van der Waals surface area contributed by atoms with Gasteiger partial charge in [-0.25, -0.2) is 4.99 Å². The fourth-order valence-electron chi connectivity index (χ4n) is 0.466. The van der Waals surface area contributed by atoms with E-state index in [4.69, 9.17) is 5.73 Å². The van der Waals surface area contributed by atoms with Gasteiger partial charge in [-0.05, 0) is 36.4 Å². The third-order valence-corrected chi connectivity index (χ3v) is 2.09. The molecule has 0 fully saturated rings. The Morgan fingerprint density at radius 2 is 2.10 bits per heavy atom. The molecular weight excluding hydrogens is 239 g/mol. The highest BCUT2D eigenvalue weighted by Crippen LogP contribution is 2.13. The van der Waals surface area contributed by atoms with Crippen LogP contribution in [0.5, 0.6) is 0 Å². The van der Waals surface area contributed by atoms with Crippen LogP contribution in [-0.4, -0.2) is 5.84 Å². The molecule has 0 saturated carbocycles. The topological polar surface area (TPSA) is 38.4 Å². The summed E-state index contributed by atoms with van der Waals surface area (Å²) in [5.74, 6) is 0.577. The molecule has 0 unspecified atom stereocenters. The first-order chi connectivity index (χ1) is 4.57. The first-order valence-electron chi connectivity index (χ1n) is 2.87. The van der Waals surface area contributed by atoms with E-state index in [1.54, 1.807) is 13.0 Å². The predicted molar refractivity (Wildman–Crippen MR) is 54.2 cm³/mol. The summed E-state index contributed by atoms with van der Waals surface area (Å²) in [6.07, 6.45) is 1.75. The first kappa shape index (κ1) is 9.68. The summed E-state index contributed by atoms with van der Waals surface area (Å²) in [6, 6.07) is 0. The Labute approximate surface area is 75.0 Å². The van der Waals surface area contributed by atoms with Crippen molar-refractivity contribution in [2.75, 3.05) is 0 Å². The second-order valence-electron chi connectivity index (χ2n) is 1.89. The van der Waals surface area contributed by atoms with Crippen molar-refractivity contribution in [1.82, 2.24) is 0 Å². The molecule has 0 atom stereocenters. The lowest BCUT2D eigenvalue weighted by molar-refractivity contribution is 1.28. The number of rotatable bonds is 2. The van der Waals surface area contributed by atoms with Gasteiger partial charge in [0.25, 0.3) is 0 Å². The lowest BCUT2D eigenvalue weighted by Gasteiger charge is -1.94. The van der Waals surface area contributed by atoms with Crippen LogP contribution in [0.15, 0.2) is 26.9 Å². The molecule has 0 aromatic heterocycles. The summed E-state index contributed by atoms with van der Waals surface area (Å²) >= 11 is 2.16. The van der Waals surface area contributed by atoms with Crippen LogP contribution >= 0.6 is 22.6 Å². The van der Waals surface area contributed by atoms with Gasteiger partial charge in [0.2, 0.25) is 0 Å². The van der Waals surface area contributed by atoms with Crippen LogP contribution in [0.3, 0.4) is 0 Å². The van der Waals surface area contributed by atoms with Gasteiger partial charge in [-0.3, -0.25) is 0 Å². The van der Waals surface area contributed by atoms with Gasteiger partial charge in [-0.2, -0.15) is 0 Å². The quantitative estimate of drug-likeness (QED) is 0.347. The standard InChI is InChI=1S/C7H11IN2/c1-4-7(8)5(2)10-6(3)9/h4H,1H2,2-3H3,(H2,9,10)/b7-5+. The van der Waals surface area contributed by atoms with E-state index in [-0.39, 0.29) is 0 Å². The Morgan fingerprint density at radius 1 is 1.60 bits per heavy atom. The second-order valence-corrected chi connectivity index (χ2v) is 3.05. The zero-order chi connectivity index (χ0) is 8.15. The molecule has 2 N–H and O–H groups in total. The summed E-state index contributed by atoms with van der Waals surface area (Å²) in [5, 5.41) is 0. The Bertz CT molecular complexity index is 188. The van der Waals surface area contributed by atoms with E-state index in [2.05, 4.69) is 34.2 Å². The third kappa shape index (κ3) is 3.66. The predicted octanol–water partition coefficient (Wildman–Crippen LogP) is 2.22. The SMILES string of the molecule is C=C/C(I)=C(/C)N=C(C)N. The van der Waals surface area contributed by atoms with E-state index in [9.17, 15) is 0 Å². The summed E-state index contributed by atoms with van der Waals surface area (Å²) in [7, 11) is 0. The lowest BCUT2D eigenvalue weighted by Crippen LogP contribution is -2.04. The van der Waals surface area contributed by atoms with Crippen LogP contribution in [0.25, 0.3) is 0 Å². The Balaban J connectivity index is 4.48. The first-order valence-corrected chi connectivity index (χ1v) is 3.95. The zero-order valence-electron chi connectivity index (χ0n) is 6.19. The second kappa shape index (κ2) is 4.49. The highest BCUT2D eigenvalue weighted by molar-refractivity contribution is 14.1. The van der Waals surface area contributed by atoms with Crippen LogP contribution < -0.4 is 5.73 Å². The van der Waals surface area contributed by atoms with Crippen molar-refractivity contribution in [3.63, 3.8) is 0 Å². The average Bonchev–Trinajstić information content (AvgIpc) is 1.85. The molecule has 0 rings (SSSR count). The molecule has 0 amide bonds. The molecule has 0 spiro atoms. The van der Waals surface area contributed by atoms with Gasteiger partial charge >= 0.3 is 0 Å². The number of amidine groups is 1. The fraction of sp³-hybridized carbons (Fsp3) is 0.286. The lowest BCUT2D eigenvalue weighted by atomic mass is 10.4. The van der Waals surface area contributed by atoms with Gasteiger partial charge in [-0.1, -0.05) is 12.7 Å². The van der Waals surface area contributed by atoms with Crippen LogP contribution in [0.2, 0.25) is 0 Å². The smallest absolute Gasteiger partial charge is 0.0961 e. The molecule has 0 aliphatic carbocycles. The molecule has 0 bridgehead atoms. The minimum Gasteiger partial charge on any atom is -0.387 e. The molecule has 0 aliphatic rings. The summed E-state index contributed by atoms with van der Waals surface area (Å²) < 4.78 is 1.03. The third-order valence-electron chi connectivity index (χ3n) is 0.869. The van der Waals surface area contributed by atoms with Crippen molar-refractivity contribution in [2.45, 2.75) is 13.8 Å². The molecule has 0 heterocycles. The fourth-order valence-corrected chi connectivity index (χ4v) is 0.586. The van der Waals surface area contributed by atoms with E-state index in [1.165, 1.54) is 0 Å². The van der Waals surface area contributed by atoms with Crippen LogP contribution in [0.1, 0.15) is 13.8 Å². The number of hydrogen-bond donors (Lipinski definition) is 1. The van der Waals surface area contributed by atoms with Crippen LogP contribution in [0, 0.1) is 0 Å². The number of halogens is 1. The maximum absolute atomic E-state index is 5.36. The summed E-state index contributed by atoms with van der Waals surface area (Å²) in [6.45, 7) is 7.28. The molecule has 0 aliphatic heterocycles. The van der Waals surface area contributed by atoms with Gasteiger partial charge in [0.1, 0.15) is 0 Å². The van der Waals surface area contributed by atoms with Crippen molar-refractivity contribution >= 4 is 28.4 Å². The normalized spacial score (nSPS) is 14.5. The molecule has 3 heteroatoms. The van der Waals surface area contributed by atoms with Gasteiger partial charge in [0.05, 0.1) is 11.5 Å². The van der Waals surface area contributed by atoms with E-state index in [1.807, 2.05) is 6.92 Å². The number of nitrogens with two attached hydrogens (primary N) is 1. The minimum atomic E-state index is 0.577. The van der Waals surface area contributed by atoms with Gasteiger partial charge < -0.3 is 5.73 Å². The van der Waals surface area contributed by atoms with E-state index in [0.29, 0.717) is 5.84 Å². The van der Waals surface area contributed by atoms with Gasteiger partial charge in [0.15, 0.2) is 0 Å². The van der Waals surface area contributed by atoms with E-state index < -0.39 is 0 Å². The molecular formula is C7H11IN2. The number of allylic oxidation sites excluding steroid dienone is 3. The summed E-state index contributed by atoms with van der Waals surface area (Å²) in [5.41, 5.74) is 6.28. The monoisotopic (exact) mass is 250 g/mol. The maximum Gasteiger partial charge on any atom is 0.0961 e. The Kier molecular flexibility index (Phi) is 4.34. The molecule has 0 aromatic rings. The number of aliphatic imine (C=N–C) groups is 1. The van der Waals surface area contributed by atoms with Crippen molar-refractivity contribution in [3.05, 3.63) is 21.9 Å². The highest BCUT2D eigenvalue weighted by atomic mass is 127. The van der Waals surface area contributed by atoms with Crippen molar-refractivity contribution in [2.24, 2.45) is 10.7 Å². The minimum absolute atomic E-state index is 0.577. The van der Waals surface area contributed by atoms with Crippen molar-refractivity contribution < 1.29 is 0 Å². The molecule has 0 saturated heterocycles. The average molecular weight is 250 g/mol. The molecule has 56 valence electrons. The Hall–Kier alpha value is -0.320. The highest BCUT2D eigenvalue weighted by Gasteiger charge is 1.90. The van der Waals surface area contributed by atoms with Gasteiger partial charge in [0, 0.05) is 3.58 Å². The Morgan fingerprint density at radius 3 is 2.40 bits per heavy atom. The number of hydrogen-bond acceptors (Lipinski definition) is 1. The largest absolute Gasteiger partial charge is 0.387 e. The van der Waals surface area contributed by atoms with E-state index in [0.717, 1.165) is 9.28 Å².